The second-order valence-corrected chi connectivity index (χ2v) is 7.32. The largest absolute Gasteiger partial charge is 0.378 e. The van der Waals surface area contributed by atoms with E-state index < -0.39 is 16.1 Å². The van der Waals surface area contributed by atoms with Crippen LogP contribution in [0.4, 0.5) is 0 Å². The van der Waals surface area contributed by atoms with Crippen LogP contribution in [0.5, 0.6) is 0 Å². The Morgan fingerprint density at radius 3 is 2.40 bits per heavy atom. The van der Waals surface area contributed by atoms with Gasteiger partial charge in [-0.25, -0.2) is 13.1 Å². The molecular formula is C13H26N2O4S. The summed E-state index contributed by atoms with van der Waals surface area (Å²) in [7, 11) is -3.40. The number of ether oxygens (including phenoxy) is 1. The van der Waals surface area contributed by atoms with Crippen molar-refractivity contribution in [2.75, 3.05) is 32.1 Å². The van der Waals surface area contributed by atoms with Crippen molar-refractivity contribution in [1.29, 1.82) is 0 Å². The molecule has 0 aliphatic carbocycles. The SMILES string of the molecule is CCCCS(=O)(=O)N[C@H](C(=O)N1CCOCC1)C(C)C. The summed E-state index contributed by atoms with van der Waals surface area (Å²) in [5.74, 6) is -0.159. The molecule has 1 aliphatic rings. The zero-order valence-electron chi connectivity index (χ0n) is 12.6. The lowest BCUT2D eigenvalue weighted by atomic mass is 10.0. The van der Waals surface area contributed by atoms with Crippen molar-refractivity contribution in [3.8, 4) is 0 Å². The van der Waals surface area contributed by atoms with Gasteiger partial charge in [-0.15, -0.1) is 0 Å². The first-order chi connectivity index (χ1) is 9.37. The van der Waals surface area contributed by atoms with Gasteiger partial charge in [0.25, 0.3) is 0 Å². The third-order valence-electron chi connectivity index (χ3n) is 3.33. The highest BCUT2D eigenvalue weighted by atomic mass is 32.2. The number of carbonyl (C=O) groups is 1. The molecule has 7 heteroatoms. The third-order valence-corrected chi connectivity index (χ3v) is 4.77. The number of nitrogens with zero attached hydrogens (tertiary/aromatic N) is 1. The van der Waals surface area contributed by atoms with Gasteiger partial charge in [0.2, 0.25) is 15.9 Å². The molecule has 1 atom stereocenters. The summed E-state index contributed by atoms with van der Waals surface area (Å²) in [6, 6.07) is -0.685. The quantitative estimate of drug-likeness (QED) is 0.747. The van der Waals surface area contributed by atoms with Gasteiger partial charge in [0.15, 0.2) is 0 Å². The number of sulfonamides is 1. The van der Waals surface area contributed by atoms with Crippen LogP contribution in [0.3, 0.4) is 0 Å². The zero-order valence-corrected chi connectivity index (χ0v) is 13.4. The maximum Gasteiger partial charge on any atom is 0.241 e. The molecule has 1 fully saturated rings. The van der Waals surface area contributed by atoms with Gasteiger partial charge in [-0.2, -0.15) is 0 Å². The summed E-state index contributed by atoms with van der Waals surface area (Å²) >= 11 is 0. The van der Waals surface area contributed by atoms with Gasteiger partial charge in [0, 0.05) is 13.1 Å². The maximum absolute atomic E-state index is 12.4. The fraction of sp³-hybridized carbons (Fsp3) is 0.923. The molecular weight excluding hydrogens is 280 g/mol. The van der Waals surface area contributed by atoms with Crippen LogP contribution in [0.2, 0.25) is 0 Å². The average molecular weight is 306 g/mol. The van der Waals surface area contributed by atoms with Gasteiger partial charge in [-0.05, 0) is 12.3 Å². The van der Waals surface area contributed by atoms with Gasteiger partial charge in [0.05, 0.1) is 19.0 Å². The number of nitrogens with one attached hydrogen (secondary N) is 1. The minimum atomic E-state index is -3.40. The number of amides is 1. The van der Waals surface area contributed by atoms with E-state index in [1.807, 2.05) is 20.8 Å². The summed E-state index contributed by atoms with van der Waals surface area (Å²) in [6.45, 7) is 7.72. The molecule has 6 nitrogen and oxygen atoms in total. The molecule has 0 bridgehead atoms. The lowest BCUT2D eigenvalue weighted by Gasteiger charge is -2.32. The van der Waals surface area contributed by atoms with Crippen LogP contribution >= 0.6 is 0 Å². The first-order valence-electron chi connectivity index (χ1n) is 7.24. The molecule has 1 rings (SSSR count). The van der Waals surface area contributed by atoms with Gasteiger partial charge >= 0.3 is 0 Å². The molecule has 0 spiro atoms. The standard InChI is InChI=1S/C13H26N2O4S/c1-4-5-10-20(17,18)14-12(11(2)3)13(16)15-6-8-19-9-7-15/h11-12,14H,4-10H2,1-3H3/t12-/m0/s1. The number of unbranched alkanes of at least 4 members (excludes halogenated alkanes) is 1. The summed E-state index contributed by atoms with van der Waals surface area (Å²) < 4.78 is 31.7. The van der Waals surface area contributed by atoms with E-state index in [1.165, 1.54) is 0 Å². The Morgan fingerprint density at radius 1 is 1.30 bits per heavy atom. The van der Waals surface area contributed by atoms with E-state index in [0.717, 1.165) is 6.42 Å². The number of hydrogen-bond donors (Lipinski definition) is 1. The molecule has 1 N–H and O–H groups in total. The summed E-state index contributed by atoms with van der Waals surface area (Å²) in [4.78, 5) is 14.1. The Bertz CT molecular complexity index is 403. The predicted molar refractivity (Wildman–Crippen MR) is 77.9 cm³/mol. The van der Waals surface area contributed by atoms with Crippen LogP contribution in [0.15, 0.2) is 0 Å². The van der Waals surface area contributed by atoms with E-state index in [1.54, 1.807) is 4.90 Å². The fourth-order valence-corrected chi connectivity index (χ4v) is 3.59. The van der Waals surface area contributed by atoms with Crippen molar-refractivity contribution in [2.45, 2.75) is 39.7 Å². The Hall–Kier alpha value is -0.660. The van der Waals surface area contributed by atoms with Crippen molar-refractivity contribution < 1.29 is 17.9 Å². The van der Waals surface area contributed by atoms with E-state index in [-0.39, 0.29) is 17.6 Å². The summed E-state index contributed by atoms with van der Waals surface area (Å²) in [5, 5.41) is 0. The highest BCUT2D eigenvalue weighted by Crippen LogP contribution is 2.10. The summed E-state index contributed by atoms with van der Waals surface area (Å²) in [6.07, 6.45) is 1.41. The number of morpholine rings is 1. The number of hydrogen-bond acceptors (Lipinski definition) is 4. The van der Waals surface area contributed by atoms with Gasteiger partial charge in [-0.1, -0.05) is 27.2 Å². The van der Waals surface area contributed by atoms with E-state index in [0.29, 0.717) is 32.7 Å². The minimum Gasteiger partial charge on any atom is -0.378 e. The van der Waals surface area contributed by atoms with Crippen molar-refractivity contribution in [3.05, 3.63) is 0 Å². The van der Waals surface area contributed by atoms with Gasteiger partial charge in [0.1, 0.15) is 6.04 Å². The Morgan fingerprint density at radius 2 is 1.90 bits per heavy atom. The first-order valence-corrected chi connectivity index (χ1v) is 8.89. The van der Waals surface area contributed by atoms with E-state index in [9.17, 15) is 13.2 Å². The molecule has 1 heterocycles. The molecule has 1 amide bonds. The third kappa shape index (κ3) is 5.38. The van der Waals surface area contributed by atoms with E-state index >= 15 is 0 Å². The lowest BCUT2D eigenvalue weighted by molar-refractivity contribution is -0.138. The number of carbonyl (C=O) groups excluding carboxylic acids is 1. The molecule has 118 valence electrons. The van der Waals surface area contributed by atoms with Crippen molar-refractivity contribution >= 4 is 15.9 Å². The van der Waals surface area contributed by atoms with Crippen LogP contribution in [-0.2, 0) is 19.6 Å². The van der Waals surface area contributed by atoms with Crippen LogP contribution in [-0.4, -0.2) is 57.3 Å². The highest BCUT2D eigenvalue weighted by Gasteiger charge is 2.31. The Kier molecular flexibility index (Phi) is 6.91. The maximum atomic E-state index is 12.4. The minimum absolute atomic E-state index is 0.0725. The molecule has 1 aliphatic heterocycles. The summed E-state index contributed by atoms with van der Waals surface area (Å²) in [5.41, 5.74) is 0. The number of rotatable bonds is 7. The van der Waals surface area contributed by atoms with Crippen molar-refractivity contribution in [1.82, 2.24) is 9.62 Å². The first kappa shape index (κ1) is 17.4. The van der Waals surface area contributed by atoms with Crippen molar-refractivity contribution in [2.24, 2.45) is 5.92 Å². The van der Waals surface area contributed by atoms with Crippen LogP contribution in [0.25, 0.3) is 0 Å². The second kappa shape index (κ2) is 7.95. The van der Waals surface area contributed by atoms with Crippen LogP contribution in [0, 0.1) is 5.92 Å². The Balaban J connectivity index is 2.70. The van der Waals surface area contributed by atoms with Crippen LogP contribution in [0.1, 0.15) is 33.6 Å². The average Bonchev–Trinajstić information content (AvgIpc) is 2.43. The molecule has 0 unspecified atom stereocenters. The molecule has 20 heavy (non-hydrogen) atoms. The topological polar surface area (TPSA) is 75.7 Å². The molecule has 0 radical (unpaired) electrons. The molecule has 0 saturated carbocycles. The van der Waals surface area contributed by atoms with Gasteiger partial charge in [-0.3, -0.25) is 4.79 Å². The smallest absolute Gasteiger partial charge is 0.241 e. The fourth-order valence-electron chi connectivity index (χ4n) is 2.04. The molecule has 1 saturated heterocycles. The van der Waals surface area contributed by atoms with Crippen LogP contribution < -0.4 is 4.72 Å². The zero-order chi connectivity index (χ0) is 15.2. The van der Waals surface area contributed by atoms with Gasteiger partial charge < -0.3 is 9.64 Å². The monoisotopic (exact) mass is 306 g/mol. The van der Waals surface area contributed by atoms with E-state index in [2.05, 4.69) is 4.72 Å². The second-order valence-electron chi connectivity index (χ2n) is 5.45. The highest BCUT2D eigenvalue weighted by molar-refractivity contribution is 7.89. The van der Waals surface area contributed by atoms with E-state index in [4.69, 9.17) is 4.74 Å². The predicted octanol–water partition coefficient (Wildman–Crippen LogP) is 0.589. The molecule has 0 aromatic heterocycles. The molecule has 0 aromatic carbocycles. The molecule has 0 aromatic rings. The Labute approximate surface area is 121 Å². The van der Waals surface area contributed by atoms with Crippen molar-refractivity contribution in [3.63, 3.8) is 0 Å². The lowest BCUT2D eigenvalue weighted by Crippen LogP contribution is -2.54. The normalized spacial score (nSPS) is 18.3.